The Balaban J connectivity index is 2.91. The summed E-state index contributed by atoms with van der Waals surface area (Å²) in [6.45, 7) is 0.261. The molecule has 1 saturated heterocycles. The normalized spacial score (nSPS) is 34.0. The molecule has 1 aliphatic heterocycles. The first kappa shape index (κ1) is 16.0. The quantitative estimate of drug-likeness (QED) is 0.563. The fourth-order valence-corrected chi connectivity index (χ4v) is 2.56. The second-order valence-electron chi connectivity index (χ2n) is 4.55. The minimum absolute atomic E-state index is 0.0523. The first-order valence-corrected chi connectivity index (χ1v) is 7.59. The largest absolute Gasteiger partial charge is 0.381 e. The Labute approximate surface area is 109 Å². The van der Waals surface area contributed by atoms with Gasteiger partial charge in [0.25, 0.3) is 0 Å². The number of hydrogen-bond acceptors (Lipinski definition) is 5. The monoisotopic (exact) mass is 274 g/mol. The van der Waals surface area contributed by atoms with Crippen molar-refractivity contribution in [3.05, 3.63) is 11.9 Å². The van der Waals surface area contributed by atoms with Crippen LogP contribution in [0, 0.1) is 0 Å². The minimum atomic E-state index is -3.24. The SMILES string of the molecule is [B]C1C[C@H](OC)C[C@](/C=C/P(=C)(O)O)(COC)O1. The number of methoxy groups -OCH3 is 2. The van der Waals surface area contributed by atoms with Crippen LogP contribution in [0.2, 0.25) is 0 Å². The molecule has 0 bridgehead atoms. The second-order valence-corrected chi connectivity index (χ2v) is 6.42. The molecule has 1 fully saturated rings. The average molecular weight is 274 g/mol. The topological polar surface area (TPSA) is 68.2 Å². The van der Waals surface area contributed by atoms with Crippen LogP contribution in [0.15, 0.2) is 11.9 Å². The molecular weight excluding hydrogens is 254 g/mol. The lowest BCUT2D eigenvalue weighted by atomic mass is 9.83. The maximum absolute atomic E-state index is 9.33. The van der Waals surface area contributed by atoms with Gasteiger partial charge in [-0.15, -0.1) is 0 Å². The molecule has 1 rings (SSSR count). The van der Waals surface area contributed by atoms with Gasteiger partial charge in [0.15, 0.2) is 0 Å². The molecule has 3 atom stereocenters. The van der Waals surface area contributed by atoms with Gasteiger partial charge in [-0.3, -0.25) is 0 Å². The predicted octanol–water partition coefficient (Wildman–Crippen LogP) is 0.469. The smallest absolute Gasteiger partial charge is 0.134 e. The van der Waals surface area contributed by atoms with Crippen LogP contribution in [-0.2, 0) is 14.2 Å². The first-order valence-electron chi connectivity index (χ1n) is 5.64. The standard InChI is InChI=1S/C11H20BO5P/c1-15-8-11(4-5-18(3,13)14)7-9(16-2)6-10(12)17-11/h4-5,9-10,13-14H,3,6-8H2,1-2H3/b5-4+/t9-,10?,11+/m0/s1. The van der Waals surface area contributed by atoms with Gasteiger partial charge in [-0.2, -0.15) is 0 Å². The Morgan fingerprint density at radius 1 is 1.56 bits per heavy atom. The van der Waals surface area contributed by atoms with Gasteiger partial charge in [0, 0.05) is 26.6 Å². The molecule has 0 aromatic heterocycles. The van der Waals surface area contributed by atoms with E-state index < -0.39 is 18.9 Å². The van der Waals surface area contributed by atoms with Crippen molar-refractivity contribution in [1.29, 1.82) is 0 Å². The van der Waals surface area contributed by atoms with Crippen LogP contribution < -0.4 is 0 Å². The van der Waals surface area contributed by atoms with Gasteiger partial charge in [-0.25, -0.2) is 0 Å². The Hall–Kier alpha value is -0.0951. The Morgan fingerprint density at radius 3 is 2.72 bits per heavy atom. The second kappa shape index (κ2) is 6.37. The van der Waals surface area contributed by atoms with Crippen molar-refractivity contribution in [2.24, 2.45) is 0 Å². The van der Waals surface area contributed by atoms with E-state index in [2.05, 4.69) is 6.30 Å². The van der Waals surface area contributed by atoms with Gasteiger partial charge in [-0.05, 0) is 24.6 Å². The van der Waals surface area contributed by atoms with Crippen molar-refractivity contribution >= 4 is 21.5 Å². The van der Waals surface area contributed by atoms with Crippen molar-refractivity contribution in [1.82, 2.24) is 0 Å². The summed E-state index contributed by atoms with van der Waals surface area (Å²) in [4.78, 5) is 18.7. The molecule has 0 aliphatic carbocycles. The van der Waals surface area contributed by atoms with E-state index in [1.165, 1.54) is 5.82 Å². The first-order chi connectivity index (χ1) is 8.30. The zero-order chi connectivity index (χ0) is 13.8. The third kappa shape index (κ3) is 4.88. The van der Waals surface area contributed by atoms with E-state index >= 15 is 0 Å². The van der Waals surface area contributed by atoms with Crippen LogP contribution in [0.25, 0.3) is 0 Å². The maximum Gasteiger partial charge on any atom is 0.134 e. The van der Waals surface area contributed by atoms with Gasteiger partial charge in [-0.1, -0.05) is 0 Å². The van der Waals surface area contributed by atoms with Crippen LogP contribution in [-0.4, -0.2) is 62.5 Å². The van der Waals surface area contributed by atoms with E-state index in [0.29, 0.717) is 12.8 Å². The third-order valence-electron chi connectivity index (χ3n) is 2.79. The van der Waals surface area contributed by atoms with Crippen LogP contribution >= 0.6 is 7.34 Å². The molecule has 1 unspecified atom stereocenters. The fourth-order valence-electron chi connectivity index (χ4n) is 2.05. The number of rotatable bonds is 5. The molecule has 7 heteroatoms. The van der Waals surface area contributed by atoms with Gasteiger partial charge in [0.05, 0.1) is 12.7 Å². The average Bonchev–Trinajstić information content (AvgIpc) is 2.25. The Kier molecular flexibility index (Phi) is 5.65. The summed E-state index contributed by atoms with van der Waals surface area (Å²) >= 11 is 0. The molecule has 0 saturated carbocycles. The zero-order valence-electron chi connectivity index (χ0n) is 10.8. The minimum Gasteiger partial charge on any atom is -0.381 e. The highest BCUT2D eigenvalue weighted by Gasteiger charge is 2.38. The van der Waals surface area contributed by atoms with Crippen LogP contribution in [0.4, 0.5) is 0 Å². The summed E-state index contributed by atoms with van der Waals surface area (Å²) in [7, 11) is 5.74. The number of hydrogen-bond donors (Lipinski definition) is 2. The lowest BCUT2D eigenvalue weighted by molar-refractivity contribution is -0.140. The van der Waals surface area contributed by atoms with Crippen LogP contribution in [0.5, 0.6) is 0 Å². The van der Waals surface area contributed by atoms with Crippen molar-refractivity contribution in [3.63, 3.8) is 0 Å². The molecule has 0 aromatic rings. The molecule has 18 heavy (non-hydrogen) atoms. The van der Waals surface area contributed by atoms with Gasteiger partial charge >= 0.3 is 0 Å². The summed E-state index contributed by atoms with van der Waals surface area (Å²) in [6, 6.07) is -0.474. The molecule has 2 radical (unpaired) electrons. The molecule has 5 nitrogen and oxygen atoms in total. The zero-order valence-corrected chi connectivity index (χ0v) is 11.7. The molecule has 0 amide bonds. The third-order valence-corrected chi connectivity index (χ3v) is 3.42. The maximum atomic E-state index is 9.33. The van der Waals surface area contributed by atoms with Crippen molar-refractivity contribution < 1.29 is 24.0 Å². The highest BCUT2D eigenvalue weighted by molar-refractivity contribution is 7.65. The summed E-state index contributed by atoms with van der Waals surface area (Å²) in [6.07, 6.45) is 5.94. The lowest BCUT2D eigenvalue weighted by Gasteiger charge is -2.41. The van der Waals surface area contributed by atoms with E-state index in [0.717, 1.165) is 0 Å². The molecule has 0 aromatic carbocycles. The lowest BCUT2D eigenvalue weighted by Crippen LogP contribution is -2.48. The van der Waals surface area contributed by atoms with Crippen molar-refractivity contribution in [2.75, 3.05) is 20.8 Å². The molecule has 2 N–H and O–H groups in total. The molecule has 102 valence electrons. The highest BCUT2D eigenvalue weighted by Crippen LogP contribution is 2.39. The van der Waals surface area contributed by atoms with E-state index in [9.17, 15) is 9.79 Å². The van der Waals surface area contributed by atoms with E-state index in [-0.39, 0.29) is 12.7 Å². The summed E-state index contributed by atoms with van der Waals surface area (Å²) in [5.41, 5.74) is -0.804. The van der Waals surface area contributed by atoms with E-state index in [4.69, 9.17) is 22.1 Å². The Bertz CT molecular complexity index is 342. The number of ether oxygens (including phenoxy) is 3. The molecular formula is C11H20BO5P. The van der Waals surface area contributed by atoms with E-state index in [1.807, 2.05) is 0 Å². The molecule has 1 heterocycles. The molecule has 0 spiro atoms. The van der Waals surface area contributed by atoms with Gasteiger partial charge < -0.3 is 24.0 Å². The molecule has 1 aliphatic rings. The van der Waals surface area contributed by atoms with Gasteiger partial charge in [0.1, 0.15) is 20.8 Å². The summed E-state index contributed by atoms with van der Waals surface area (Å²) in [5, 5.41) is 0. The van der Waals surface area contributed by atoms with E-state index in [1.54, 1.807) is 20.3 Å². The highest BCUT2D eigenvalue weighted by atomic mass is 31.2. The Morgan fingerprint density at radius 2 is 2.22 bits per heavy atom. The summed E-state index contributed by atoms with van der Waals surface area (Å²) < 4.78 is 16.1. The predicted molar refractivity (Wildman–Crippen MR) is 72.9 cm³/mol. The van der Waals surface area contributed by atoms with Gasteiger partial charge in [0.2, 0.25) is 0 Å². The van der Waals surface area contributed by atoms with Crippen LogP contribution in [0.3, 0.4) is 0 Å². The fraction of sp³-hybridized carbons (Fsp3) is 0.727. The summed E-state index contributed by atoms with van der Waals surface area (Å²) in [5.74, 6) is 1.26. The van der Waals surface area contributed by atoms with Crippen molar-refractivity contribution in [2.45, 2.75) is 30.5 Å². The van der Waals surface area contributed by atoms with Crippen LogP contribution in [0.1, 0.15) is 12.8 Å². The van der Waals surface area contributed by atoms with Crippen molar-refractivity contribution in [3.8, 4) is 0 Å².